The first kappa shape index (κ1) is 24.9. The van der Waals surface area contributed by atoms with Gasteiger partial charge in [0.1, 0.15) is 5.82 Å². The molecule has 1 saturated heterocycles. The zero-order valence-corrected chi connectivity index (χ0v) is 20.4. The van der Waals surface area contributed by atoms with Crippen molar-refractivity contribution in [2.24, 2.45) is 0 Å². The van der Waals surface area contributed by atoms with E-state index in [1.807, 2.05) is 11.8 Å². The van der Waals surface area contributed by atoms with Crippen molar-refractivity contribution in [2.75, 3.05) is 44.1 Å². The van der Waals surface area contributed by atoms with Crippen LogP contribution in [-0.4, -0.2) is 76.5 Å². The van der Waals surface area contributed by atoms with Crippen LogP contribution in [0.3, 0.4) is 0 Å². The number of pyridine rings is 1. The van der Waals surface area contributed by atoms with Gasteiger partial charge in [0.25, 0.3) is 5.91 Å². The Morgan fingerprint density at radius 3 is 2.64 bits per heavy atom. The Morgan fingerprint density at radius 2 is 2.00 bits per heavy atom. The zero-order valence-electron chi connectivity index (χ0n) is 20.4. The molecule has 3 aromatic rings. The van der Waals surface area contributed by atoms with E-state index in [1.54, 1.807) is 26.2 Å². The summed E-state index contributed by atoms with van der Waals surface area (Å²) >= 11 is 0. The molecule has 0 unspecified atom stereocenters. The van der Waals surface area contributed by atoms with Gasteiger partial charge in [0, 0.05) is 44.9 Å². The number of nitrogens with zero attached hydrogens (tertiary/aromatic N) is 6. The first-order valence-corrected chi connectivity index (χ1v) is 11.2. The van der Waals surface area contributed by atoms with Gasteiger partial charge in [0.15, 0.2) is 17.4 Å². The fourth-order valence-electron chi connectivity index (χ4n) is 3.53. The van der Waals surface area contributed by atoms with Crippen LogP contribution in [0.1, 0.15) is 24.2 Å². The fourth-order valence-corrected chi connectivity index (χ4v) is 3.53. The summed E-state index contributed by atoms with van der Waals surface area (Å²) in [4.78, 5) is 44.3. The van der Waals surface area contributed by atoms with E-state index in [-0.39, 0.29) is 41.0 Å². The van der Waals surface area contributed by atoms with Gasteiger partial charge < -0.3 is 24.6 Å². The Morgan fingerprint density at radius 1 is 1.19 bits per heavy atom. The molecule has 0 aliphatic carbocycles. The first-order chi connectivity index (χ1) is 17.2. The summed E-state index contributed by atoms with van der Waals surface area (Å²) in [5.74, 6) is -0.452. The number of anilines is 2. The highest BCUT2D eigenvalue weighted by atomic mass is 19.1. The third kappa shape index (κ3) is 5.71. The van der Waals surface area contributed by atoms with Gasteiger partial charge in [0.05, 0.1) is 19.3 Å². The molecule has 1 N–H and O–H groups in total. The Kier molecular flexibility index (Phi) is 7.34. The third-order valence-corrected chi connectivity index (χ3v) is 5.34. The van der Waals surface area contributed by atoms with E-state index in [0.717, 1.165) is 6.07 Å². The van der Waals surface area contributed by atoms with Crippen molar-refractivity contribution in [1.29, 1.82) is 0 Å². The minimum Gasteiger partial charge on any atom is -0.421 e. The van der Waals surface area contributed by atoms with Crippen molar-refractivity contribution < 1.29 is 23.5 Å². The molecule has 0 saturated carbocycles. The summed E-state index contributed by atoms with van der Waals surface area (Å²) in [6.45, 7) is 4.93. The van der Waals surface area contributed by atoms with E-state index in [2.05, 4.69) is 25.3 Å². The molecule has 11 nitrogen and oxygen atoms in total. The van der Waals surface area contributed by atoms with Gasteiger partial charge in [-0.15, -0.1) is 0 Å². The van der Waals surface area contributed by atoms with Crippen molar-refractivity contribution in [3.63, 3.8) is 0 Å². The highest BCUT2D eigenvalue weighted by Crippen LogP contribution is 2.28. The summed E-state index contributed by atoms with van der Waals surface area (Å²) in [5.41, 5.74) is 0.736. The number of carbonyl (C=O) groups is 2. The maximum atomic E-state index is 14.8. The SMILES string of the molecule is CC(=O)Nc1ccc(-c2nc(Oc3ccc(C(=O)N(C)C)cc3F)nc(N3CCOC[C@@H]3C)n2)cn1. The Bertz CT molecular complexity index is 1270. The lowest BCUT2D eigenvalue weighted by molar-refractivity contribution is -0.114. The van der Waals surface area contributed by atoms with Crippen molar-refractivity contribution in [1.82, 2.24) is 24.8 Å². The number of hydrogen-bond donors (Lipinski definition) is 1. The monoisotopic (exact) mass is 495 g/mol. The topological polar surface area (TPSA) is 123 Å². The molecule has 2 amide bonds. The van der Waals surface area contributed by atoms with Crippen molar-refractivity contribution >= 4 is 23.6 Å². The second-order valence-corrected chi connectivity index (χ2v) is 8.42. The number of morpholine rings is 1. The molecule has 4 rings (SSSR count). The molecule has 1 fully saturated rings. The van der Waals surface area contributed by atoms with Crippen LogP contribution in [0.25, 0.3) is 11.4 Å². The van der Waals surface area contributed by atoms with Crippen LogP contribution in [-0.2, 0) is 9.53 Å². The van der Waals surface area contributed by atoms with Crippen LogP contribution in [0.15, 0.2) is 36.5 Å². The third-order valence-electron chi connectivity index (χ3n) is 5.34. The Balaban J connectivity index is 1.70. The Labute approximate surface area is 207 Å². The lowest BCUT2D eigenvalue weighted by Crippen LogP contribution is -2.44. The molecule has 0 spiro atoms. The molecule has 1 atom stereocenters. The maximum absolute atomic E-state index is 14.8. The second-order valence-electron chi connectivity index (χ2n) is 8.42. The molecule has 3 heterocycles. The van der Waals surface area contributed by atoms with Gasteiger partial charge in [-0.25, -0.2) is 9.37 Å². The molecule has 188 valence electrons. The molecule has 12 heteroatoms. The van der Waals surface area contributed by atoms with Crippen LogP contribution >= 0.6 is 0 Å². The van der Waals surface area contributed by atoms with Crippen LogP contribution in [0.4, 0.5) is 16.2 Å². The molecular formula is C24H26FN7O4. The van der Waals surface area contributed by atoms with E-state index in [0.29, 0.717) is 37.1 Å². The van der Waals surface area contributed by atoms with Gasteiger partial charge in [-0.05, 0) is 37.3 Å². The quantitative estimate of drug-likeness (QED) is 0.550. The first-order valence-electron chi connectivity index (χ1n) is 11.2. The summed E-state index contributed by atoms with van der Waals surface area (Å²) in [5, 5.41) is 2.60. The minimum absolute atomic E-state index is 0.00446. The Hall–Kier alpha value is -4.19. The summed E-state index contributed by atoms with van der Waals surface area (Å²) in [7, 11) is 3.17. The number of amides is 2. The van der Waals surface area contributed by atoms with Crippen molar-refractivity contribution in [3.05, 3.63) is 47.9 Å². The molecule has 1 aromatic carbocycles. The summed E-state index contributed by atoms with van der Waals surface area (Å²) in [6.07, 6.45) is 1.51. The molecule has 0 bridgehead atoms. The van der Waals surface area contributed by atoms with Crippen LogP contribution in [0, 0.1) is 5.82 Å². The van der Waals surface area contributed by atoms with Gasteiger partial charge in [-0.2, -0.15) is 15.0 Å². The van der Waals surface area contributed by atoms with Crippen molar-refractivity contribution in [3.8, 4) is 23.1 Å². The van der Waals surface area contributed by atoms with Crippen LogP contribution in [0.5, 0.6) is 11.8 Å². The normalized spacial score (nSPS) is 15.4. The predicted molar refractivity (Wildman–Crippen MR) is 129 cm³/mol. The van der Waals surface area contributed by atoms with Crippen LogP contribution in [0.2, 0.25) is 0 Å². The molecule has 36 heavy (non-hydrogen) atoms. The highest BCUT2D eigenvalue weighted by Gasteiger charge is 2.24. The van der Waals surface area contributed by atoms with Gasteiger partial charge in [0.2, 0.25) is 11.9 Å². The number of benzene rings is 1. The van der Waals surface area contributed by atoms with E-state index in [1.165, 1.54) is 30.2 Å². The average Bonchev–Trinajstić information content (AvgIpc) is 2.85. The van der Waals surface area contributed by atoms with Gasteiger partial charge >= 0.3 is 6.01 Å². The minimum atomic E-state index is -0.729. The largest absolute Gasteiger partial charge is 0.421 e. The van der Waals surface area contributed by atoms with E-state index >= 15 is 0 Å². The van der Waals surface area contributed by atoms with Crippen LogP contribution < -0.4 is 15.0 Å². The number of carbonyl (C=O) groups excluding carboxylic acids is 2. The second kappa shape index (κ2) is 10.6. The van der Waals surface area contributed by atoms with E-state index in [9.17, 15) is 14.0 Å². The van der Waals surface area contributed by atoms with E-state index < -0.39 is 5.82 Å². The lowest BCUT2D eigenvalue weighted by atomic mass is 10.2. The van der Waals surface area contributed by atoms with Gasteiger partial charge in [-0.1, -0.05) is 0 Å². The summed E-state index contributed by atoms with van der Waals surface area (Å²) < 4.78 is 26.0. The molecule has 1 aliphatic heterocycles. The predicted octanol–water partition coefficient (Wildman–Crippen LogP) is 2.75. The fraction of sp³-hybridized carbons (Fsp3) is 0.333. The number of rotatable bonds is 6. The lowest BCUT2D eigenvalue weighted by Gasteiger charge is -2.33. The molecule has 1 aliphatic rings. The number of nitrogens with one attached hydrogen (secondary N) is 1. The number of aromatic nitrogens is 4. The summed E-state index contributed by atoms with van der Waals surface area (Å²) in [6, 6.07) is 7.13. The molecular weight excluding hydrogens is 469 g/mol. The smallest absolute Gasteiger partial charge is 0.327 e. The molecule has 0 radical (unpaired) electrons. The number of ether oxygens (including phenoxy) is 2. The number of hydrogen-bond acceptors (Lipinski definition) is 9. The zero-order chi connectivity index (χ0) is 25.8. The average molecular weight is 496 g/mol. The van der Waals surface area contributed by atoms with E-state index in [4.69, 9.17) is 9.47 Å². The van der Waals surface area contributed by atoms with Crippen molar-refractivity contribution in [2.45, 2.75) is 19.9 Å². The maximum Gasteiger partial charge on any atom is 0.327 e. The standard InChI is InChI=1S/C24H26FN7O4/c1-14-13-35-10-9-32(14)23-28-21(17-6-8-20(26-12-17)27-15(2)33)29-24(30-23)36-19-7-5-16(11-18(19)25)22(34)31(3)4/h5-8,11-12,14H,9-10,13H2,1-4H3,(H,26,27,33)/t14-/m0/s1. The number of halogens is 1. The van der Waals surface area contributed by atoms with Gasteiger partial charge in [-0.3, -0.25) is 9.59 Å². The molecule has 2 aromatic heterocycles. The highest BCUT2D eigenvalue weighted by molar-refractivity contribution is 5.94.